The highest BCUT2D eigenvalue weighted by Gasteiger charge is 2.25. The molecule has 1 unspecified atom stereocenters. The Kier molecular flexibility index (Phi) is 35.9. The number of esters is 2. The molecule has 0 saturated carbocycles. The summed E-state index contributed by atoms with van der Waals surface area (Å²) in [6, 6.07) is 0. The number of ketones is 1. The molecule has 0 amide bonds. The fourth-order valence-electron chi connectivity index (χ4n) is 4.77. The number of unbranched alkanes of at least 4 members (excludes halogenated alkanes) is 8. The highest BCUT2D eigenvalue weighted by Crippen LogP contribution is 2.43. The maximum absolute atomic E-state index is 12.5. The highest BCUT2D eigenvalue weighted by atomic mass is 31.2. The maximum Gasteiger partial charge on any atom is 0.472 e. The van der Waals surface area contributed by atoms with Crippen molar-refractivity contribution in [2.24, 2.45) is 5.73 Å². The number of carbonyl (C=O) groups excluding carboxylic acids is 3. The Morgan fingerprint density at radius 1 is 0.630 bits per heavy atom. The monoisotopic (exact) mass is 775 g/mol. The zero-order chi connectivity index (χ0) is 39.8. The van der Waals surface area contributed by atoms with Crippen LogP contribution in [0.5, 0.6) is 0 Å². The predicted octanol–water partition coefficient (Wildman–Crippen LogP) is 10.4. The summed E-state index contributed by atoms with van der Waals surface area (Å²) >= 11 is 0. The van der Waals surface area contributed by atoms with Crippen LogP contribution in [0.25, 0.3) is 0 Å². The van der Waals surface area contributed by atoms with Gasteiger partial charge in [-0.15, -0.1) is 0 Å². The van der Waals surface area contributed by atoms with Gasteiger partial charge in [-0.3, -0.25) is 23.4 Å². The minimum absolute atomic E-state index is 0.0267. The smallest absolute Gasteiger partial charge is 0.462 e. The number of carbonyl (C=O) groups is 3. The van der Waals surface area contributed by atoms with Crippen LogP contribution in [0.15, 0.2) is 85.1 Å². The van der Waals surface area contributed by atoms with E-state index < -0.39 is 32.5 Å². The second-order valence-electron chi connectivity index (χ2n) is 12.8. The Hall–Kier alpha value is -3.14. The number of phosphoric acid groups is 1. The fourth-order valence-corrected chi connectivity index (χ4v) is 5.53. The van der Waals surface area contributed by atoms with E-state index >= 15 is 0 Å². The molecular formula is C43H70NO9P. The Balaban J connectivity index is 4.39. The van der Waals surface area contributed by atoms with Crippen LogP contribution < -0.4 is 5.73 Å². The molecule has 0 aromatic heterocycles. The quantitative estimate of drug-likeness (QED) is 0.0157. The Morgan fingerprint density at radius 2 is 1.20 bits per heavy atom. The number of allylic oxidation sites excluding steroid dienone is 14. The summed E-state index contributed by atoms with van der Waals surface area (Å²) < 4.78 is 32.6. The average Bonchev–Trinajstić information content (AvgIpc) is 3.15. The third-order valence-electron chi connectivity index (χ3n) is 7.74. The van der Waals surface area contributed by atoms with Gasteiger partial charge < -0.3 is 20.1 Å². The molecule has 0 rings (SSSR count). The van der Waals surface area contributed by atoms with Crippen molar-refractivity contribution in [2.75, 3.05) is 26.4 Å². The lowest BCUT2D eigenvalue weighted by Crippen LogP contribution is -2.29. The molecule has 0 aliphatic carbocycles. The van der Waals surface area contributed by atoms with Gasteiger partial charge in [-0.05, 0) is 76.7 Å². The molecule has 2 atom stereocenters. The first-order valence-corrected chi connectivity index (χ1v) is 21.5. The van der Waals surface area contributed by atoms with Gasteiger partial charge in [0.05, 0.1) is 13.2 Å². The SMILES string of the molecule is CC/C=C\C/C=C\C/C=C\C/C=C\C/C=C\CCCC(=O)O[C@H](COC(=O)CCCCCCC/C=C\C=C\C(=O)CCCCC)COP(=O)(O)OCCN. The molecule has 0 saturated heterocycles. The van der Waals surface area contributed by atoms with Crippen LogP contribution in [-0.4, -0.2) is 55.1 Å². The largest absolute Gasteiger partial charge is 0.472 e. The molecule has 0 aliphatic rings. The standard InChI is InChI=1S/C43H70NO9P/c1-3-5-7-8-9-10-11-12-13-14-15-16-17-20-24-27-31-35-43(47)53-41(39-52-54(48,49)51-37-36-44)38-50-42(46)34-30-26-23-21-18-19-22-25-29-33-40(45)32-28-6-4-2/h5,7,9-10,12-13,15-16,20,22,24-25,29,33,41H,3-4,6,8,11,14,17-19,21,23,26-28,30-32,34-39,44H2,1-2H3,(H,48,49)/b7-5-,10-9-,13-12-,16-15-,24-20-,25-22-,33-29+/t41-/m1/s1. The molecule has 0 heterocycles. The van der Waals surface area contributed by atoms with E-state index in [-0.39, 0.29) is 38.4 Å². The third-order valence-corrected chi connectivity index (χ3v) is 8.73. The summed E-state index contributed by atoms with van der Waals surface area (Å²) in [5.74, 6) is -0.798. The van der Waals surface area contributed by atoms with Crippen LogP contribution in [0, 0.1) is 0 Å². The van der Waals surface area contributed by atoms with E-state index in [4.69, 9.17) is 24.3 Å². The van der Waals surface area contributed by atoms with Gasteiger partial charge in [0.25, 0.3) is 0 Å². The summed E-state index contributed by atoms with van der Waals surface area (Å²) in [7, 11) is -4.41. The van der Waals surface area contributed by atoms with Gasteiger partial charge in [-0.2, -0.15) is 0 Å². The molecule has 54 heavy (non-hydrogen) atoms. The van der Waals surface area contributed by atoms with E-state index in [2.05, 4.69) is 68.5 Å². The zero-order valence-electron chi connectivity index (χ0n) is 33.2. The number of hydrogen-bond acceptors (Lipinski definition) is 9. The van der Waals surface area contributed by atoms with Crippen LogP contribution in [0.1, 0.15) is 136 Å². The van der Waals surface area contributed by atoms with E-state index in [0.29, 0.717) is 25.7 Å². The van der Waals surface area contributed by atoms with E-state index in [9.17, 15) is 23.8 Å². The second kappa shape index (κ2) is 38.1. The van der Waals surface area contributed by atoms with Crippen LogP contribution in [0.4, 0.5) is 0 Å². The predicted molar refractivity (Wildman–Crippen MR) is 220 cm³/mol. The first-order chi connectivity index (χ1) is 26.2. The van der Waals surface area contributed by atoms with Crippen LogP contribution in [-0.2, 0) is 37.5 Å². The number of rotatable bonds is 36. The minimum atomic E-state index is -4.41. The van der Waals surface area contributed by atoms with Gasteiger partial charge in [0.15, 0.2) is 11.9 Å². The van der Waals surface area contributed by atoms with Gasteiger partial charge in [-0.1, -0.05) is 125 Å². The lowest BCUT2D eigenvalue weighted by molar-refractivity contribution is -0.161. The van der Waals surface area contributed by atoms with Crippen molar-refractivity contribution in [3.8, 4) is 0 Å². The number of nitrogens with two attached hydrogens (primary N) is 1. The van der Waals surface area contributed by atoms with Gasteiger partial charge in [0.1, 0.15) is 6.61 Å². The van der Waals surface area contributed by atoms with Crippen molar-refractivity contribution in [2.45, 2.75) is 142 Å². The first kappa shape index (κ1) is 50.9. The fraction of sp³-hybridized carbons (Fsp3) is 0.605. The normalized spacial score (nSPS) is 14.1. The molecule has 0 spiro atoms. The molecule has 11 heteroatoms. The number of ether oxygens (including phenoxy) is 2. The molecule has 3 N–H and O–H groups in total. The van der Waals surface area contributed by atoms with Crippen molar-refractivity contribution in [3.05, 3.63) is 85.1 Å². The van der Waals surface area contributed by atoms with E-state index in [1.807, 2.05) is 24.3 Å². The molecular weight excluding hydrogens is 705 g/mol. The molecule has 0 fully saturated rings. The summed E-state index contributed by atoms with van der Waals surface area (Å²) in [5, 5.41) is 0. The van der Waals surface area contributed by atoms with E-state index in [1.54, 1.807) is 6.08 Å². The Bertz CT molecular complexity index is 1220. The summed E-state index contributed by atoms with van der Waals surface area (Å²) in [5.41, 5.74) is 5.33. The molecule has 0 aliphatic heterocycles. The Morgan fingerprint density at radius 3 is 1.85 bits per heavy atom. The van der Waals surface area contributed by atoms with Crippen LogP contribution in [0.2, 0.25) is 0 Å². The molecule has 0 bridgehead atoms. The topological polar surface area (TPSA) is 151 Å². The van der Waals surface area contributed by atoms with Crippen molar-refractivity contribution < 1.29 is 42.4 Å². The van der Waals surface area contributed by atoms with Gasteiger partial charge >= 0.3 is 19.8 Å². The molecule has 0 radical (unpaired) electrons. The van der Waals surface area contributed by atoms with Crippen molar-refractivity contribution in [1.82, 2.24) is 0 Å². The van der Waals surface area contributed by atoms with Gasteiger partial charge in [0.2, 0.25) is 0 Å². The van der Waals surface area contributed by atoms with Gasteiger partial charge in [-0.25, -0.2) is 4.57 Å². The highest BCUT2D eigenvalue weighted by molar-refractivity contribution is 7.47. The van der Waals surface area contributed by atoms with Crippen molar-refractivity contribution in [3.63, 3.8) is 0 Å². The second-order valence-corrected chi connectivity index (χ2v) is 14.3. The van der Waals surface area contributed by atoms with Gasteiger partial charge in [0, 0.05) is 25.8 Å². The first-order valence-electron chi connectivity index (χ1n) is 20.0. The summed E-state index contributed by atoms with van der Waals surface area (Å²) in [4.78, 5) is 46.5. The summed E-state index contributed by atoms with van der Waals surface area (Å²) in [6.07, 6.45) is 43.2. The van der Waals surface area contributed by atoms with E-state index in [1.165, 1.54) is 0 Å². The van der Waals surface area contributed by atoms with E-state index in [0.717, 1.165) is 83.5 Å². The van der Waals surface area contributed by atoms with Crippen LogP contribution >= 0.6 is 7.82 Å². The van der Waals surface area contributed by atoms with Crippen molar-refractivity contribution in [1.29, 1.82) is 0 Å². The summed E-state index contributed by atoms with van der Waals surface area (Å²) in [6.45, 7) is 3.31. The zero-order valence-corrected chi connectivity index (χ0v) is 34.1. The lowest BCUT2D eigenvalue weighted by Gasteiger charge is -2.19. The average molecular weight is 776 g/mol. The molecule has 10 nitrogen and oxygen atoms in total. The van der Waals surface area contributed by atoms with Crippen molar-refractivity contribution >= 4 is 25.5 Å². The molecule has 306 valence electrons. The van der Waals surface area contributed by atoms with Crippen LogP contribution in [0.3, 0.4) is 0 Å². The Labute approximate surface area is 326 Å². The third kappa shape index (κ3) is 37.2. The molecule has 0 aromatic rings. The number of hydrogen-bond donors (Lipinski definition) is 2. The number of phosphoric ester groups is 1. The minimum Gasteiger partial charge on any atom is -0.462 e. The maximum atomic E-state index is 12.5. The molecule has 0 aromatic carbocycles. The lowest BCUT2D eigenvalue weighted by atomic mass is 10.1.